The molecule has 0 amide bonds. The van der Waals surface area contributed by atoms with Crippen LogP contribution in [0.1, 0.15) is 12.0 Å². The largest absolute Gasteiger partial charge is 0.495 e. The fraction of sp³-hybridized carbons (Fsp3) is 0.294. The SMILES string of the molecule is COc1ccccc1N(C)/N=C/c1ccc[n+](CCCS(=O)(=O)O)c1. The smallest absolute Gasteiger partial charge is 0.265 e. The minimum Gasteiger partial charge on any atom is -0.495 e. The molecule has 0 unspecified atom stereocenters. The molecule has 2 rings (SSSR count). The first-order valence-electron chi connectivity index (χ1n) is 7.74. The minimum atomic E-state index is -3.92. The summed E-state index contributed by atoms with van der Waals surface area (Å²) in [6, 6.07) is 11.3. The first-order valence-corrected chi connectivity index (χ1v) is 9.35. The van der Waals surface area contributed by atoms with E-state index in [1.165, 1.54) is 0 Å². The number of aryl methyl sites for hydroxylation is 1. The Morgan fingerprint density at radius 1 is 1.28 bits per heavy atom. The maximum atomic E-state index is 10.8. The quantitative estimate of drug-likeness (QED) is 0.334. The van der Waals surface area contributed by atoms with Crippen LogP contribution in [0.2, 0.25) is 0 Å². The summed E-state index contributed by atoms with van der Waals surface area (Å²) in [5.74, 6) is 0.477. The third-order valence-electron chi connectivity index (χ3n) is 3.51. The predicted octanol–water partition coefficient (Wildman–Crippen LogP) is 1.73. The zero-order valence-electron chi connectivity index (χ0n) is 14.2. The van der Waals surface area contributed by atoms with Crippen molar-refractivity contribution in [3.63, 3.8) is 0 Å². The predicted molar refractivity (Wildman–Crippen MR) is 96.7 cm³/mol. The molecule has 1 heterocycles. The zero-order chi connectivity index (χ0) is 18.3. The van der Waals surface area contributed by atoms with Gasteiger partial charge in [0.15, 0.2) is 12.4 Å². The first kappa shape index (κ1) is 18.9. The minimum absolute atomic E-state index is 0.255. The van der Waals surface area contributed by atoms with Crippen molar-refractivity contribution in [1.82, 2.24) is 0 Å². The lowest BCUT2D eigenvalue weighted by atomic mass is 10.3. The maximum absolute atomic E-state index is 10.8. The number of methoxy groups -OCH3 is 1. The van der Waals surface area contributed by atoms with Gasteiger partial charge < -0.3 is 4.74 Å². The van der Waals surface area contributed by atoms with Crippen molar-refractivity contribution < 1.29 is 22.3 Å². The van der Waals surface area contributed by atoms with E-state index in [2.05, 4.69) is 5.10 Å². The molecule has 1 aromatic carbocycles. The molecule has 0 aliphatic heterocycles. The van der Waals surface area contributed by atoms with E-state index >= 15 is 0 Å². The third kappa shape index (κ3) is 6.17. The van der Waals surface area contributed by atoms with Crippen LogP contribution in [0.15, 0.2) is 53.9 Å². The van der Waals surface area contributed by atoms with Crippen LogP contribution in [0.5, 0.6) is 5.75 Å². The van der Waals surface area contributed by atoms with Crippen molar-refractivity contribution in [2.24, 2.45) is 5.10 Å². The van der Waals surface area contributed by atoms with Gasteiger partial charge in [-0.05, 0) is 18.2 Å². The summed E-state index contributed by atoms with van der Waals surface area (Å²) < 4.78 is 37.5. The fourth-order valence-corrected chi connectivity index (χ4v) is 2.79. The van der Waals surface area contributed by atoms with Crippen molar-refractivity contribution >= 4 is 22.0 Å². The number of ether oxygens (including phenoxy) is 1. The molecule has 0 aliphatic rings. The van der Waals surface area contributed by atoms with Gasteiger partial charge in [0.2, 0.25) is 0 Å². The summed E-state index contributed by atoms with van der Waals surface area (Å²) in [6.45, 7) is 0.490. The summed E-state index contributed by atoms with van der Waals surface area (Å²) in [6.07, 6.45) is 5.76. The zero-order valence-corrected chi connectivity index (χ0v) is 15.1. The van der Waals surface area contributed by atoms with Crippen LogP contribution in [0.25, 0.3) is 0 Å². The molecule has 25 heavy (non-hydrogen) atoms. The number of anilines is 1. The molecule has 0 fully saturated rings. The summed E-state index contributed by atoms with van der Waals surface area (Å²) in [4.78, 5) is 0. The van der Waals surface area contributed by atoms with Gasteiger partial charge >= 0.3 is 0 Å². The Labute approximate surface area is 147 Å². The molecule has 0 saturated heterocycles. The van der Waals surface area contributed by atoms with Crippen LogP contribution >= 0.6 is 0 Å². The molecular weight excluding hydrogens is 342 g/mol. The van der Waals surface area contributed by atoms with Crippen molar-refractivity contribution in [2.75, 3.05) is 24.9 Å². The second kappa shape index (κ2) is 8.59. The lowest BCUT2D eigenvalue weighted by molar-refractivity contribution is -0.696. The topological polar surface area (TPSA) is 83.1 Å². The standard InChI is InChI=1S/C17H21N3O4S/c1-19(16-8-3-4-9-17(16)24-2)18-13-15-7-5-10-20(14-15)11-6-12-25(21,22)23/h3-5,7-10,13-14H,6,11-12H2,1-2H3/p+1/b18-13+. The number of hydrazone groups is 1. The van der Waals surface area contributed by atoms with Crippen LogP contribution in [0.4, 0.5) is 5.69 Å². The van der Waals surface area contributed by atoms with E-state index in [1.54, 1.807) is 18.3 Å². The van der Waals surface area contributed by atoms with Crippen LogP contribution in [0.3, 0.4) is 0 Å². The Bertz CT molecular complexity index is 837. The highest BCUT2D eigenvalue weighted by Gasteiger charge is 2.08. The Morgan fingerprint density at radius 2 is 2.04 bits per heavy atom. The van der Waals surface area contributed by atoms with Crippen molar-refractivity contribution in [1.29, 1.82) is 0 Å². The third-order valence-corrected chi connectivity index (χ3v) is 4.32. The lowest BCUT2D eigenvalue weighted by Gasteiger charge is -2.15. The second-order valence-electron chi connectivity index (χ2n) is 5.45. The average molecular weight is 364 g/mol. The fourth-order valence-electron chi connectivity index (χ4n) is 2.30. The summed E-state index contributed by atoms with van der Waals surface area (Å²) in [5.41, 5.74) is 1.72. The van der Waals surface area contributed by atoms with Gasteiger partial charge in [-0.1, -0.05) is 12.1 Å². The van der Waals surface area contributed by atoms with Gasteiger partial charge in [0.05, 0.1) is 24.6 Å². The first-order chi connectivity index (χ1) is 11.9. The van der Waals surface area contributed by atoms with E-state index in [0.717, 1.165) is 17.0 Å². The van der Waals surface area contributed by atoms with Crippen molar-refractivity contribution in [3.8, 4) is 5.75 Å². The van der Waals surface area contributed by atoms with E-state index in [1.807, 2.05) is 60.4 Å². The van der Waals surface area contributed by atoms with Crippen molar-refractivity contribution in [3.05, 3.63) is 54.4 Å². The normalized spacial score (nSPS) is 11.6. The highest BCUT2D eigenvalue weighted by atomic mass is 32.2. The molecule has 134 valence electrons. The van der Waals surface area contributed by atoms with Gasteiger partial charge in [-0.3, -0.25) is 9.56 Å². The molecular formula is C17H22N3O4S+. The molecule has 1 N–H and O–H groups in total. The molecule has 0 atom stereocenters. The Kier molecular flexibility index (Phi) is 6.49. The molecule has 8 heteroatoms. The van der Waals surface area contributed by atoms with E-state index < -0.39 is 10.1 Å². The molecule has 2 aromatic rings. The lowest BCUT2D eigenvalue weighted by Crippen LogP contribution is -2.34. The summed E-state index contributed by atoms with van der Waals surface area (Å²) in [5, 5.41) is 6.13. The van der Waals surface area contributed by atoms with Crippen LogP contribution in [0, 0.1) is 0 Å². The molecule has 0 saturated carbocycles. The van der Waals surface area contributed by atoms with E-state index in [0.29, 0.717) is 13.0 Å². The van der Waals surface area contributed by atoms with Gasteiger partial charge in [-0.2, -0.15) is 13.5 Å². The highest BCUT2D eigenvalue weighted by Crippen LogP contribution is 2.26. The van der Waals surface area contributed by atoms with Crippen molar-refractivity contribution in [2.45, 2.75) is 13.0 Å². The number of hydrogen-bond donors (Lipinski definition) is 1. The molecule has 1 aromatic heterocycles. The van der Waals surface area contributed by atoms with E-state index in [4.69, 9.17) is 9.29 Å². The summed E-state index contributed by atoms with van der Waals surface area (Å²) >= 11 is 0. The second-order valence-corrected chi connectivity index (χ2v) is 7.03. The summed E-state index contributed by atoms with van der Waals surface area (Å²) in [7, 11) is -0.476. The Hall–Kier alpha value is -2.45. The number of benzene rings is 1. The average Bonchev–Trinajstić information content (AvgIpc) is 2.59. The van der Waals surface area contributed by atoms with Gasteiger partial charge in [-0.15, -0.1) is 0 Å². The van der Waals surface area contributed by atoms with Crippen LogP contribution < -0.4 is 14.3 Å². The number of nitrogens with zero attached hydrogens (tertiary/aromatic N) is 3. The monoisotopic (exact) mass is 364 g/mol. The van der Waals surface area contributed by atoms with Gasteiger partial charge in [0.25, 0.3) is 10.1 Å². The highest BCUT2D eigenvalue weighted by molar-refractivity contribution is 7.85. The molecule has 0 spiro atoms. The van der Waals surface area contributed by atoms with E-state index in [9.17, 15) is 8.42 Å². The molecule has 7 nitrogen and oxygen atoms in total. The molecule has 0 aliphatic carbocycles. The van der Waals surface area contributed by atoms with Crippen LogP contribution in [-0.2, 0) is 16.7 Å². The number of rotatable bonds is 8. The number of aromatic nitrogens is 1. The molecule has 0 radical (unpaired) electrons. The van der Waals surface area contributed by atoms with E-state index in [-0.39, 0.29) is 5.75 Å². The Morgan fingerprint density at radius 3 is 2.76 bits per heavy atom. The van der Waals surface area contributed by atoms with Gasteiger partial charge in [-0.25, -0.2) is 4.57 Å². The van der Waals surface area contributed by atoms with Gasteiger partial charge in [0, 0.05) is 19.5 Å². The maximum Gasteiger partial charge on any atom is 0.265 e. The Balaban J connectivity index is 2.04. The number of hydrogen-bond acceptors (Lipinski definition) is 5. The van der Waals surface area contributed by atoms with Gasteiger partial charge in [0.1, 0.15) is 18.0 Å². The number of pyridine rings is 1. The number of para-hydroxylation sites is 2. The van der Waals surface area contributed by atoms with Crippen LogP contribution in [-0.4, -0.2) is 39.1 Å². The molecule has 0 bridgehead atoms.